The summed E-state index contributed by atoms with van der Waals surface area (Å²) in [7, 11) is 0. The molecule has 1 fully saturated rings. The van der Waals surface area contributed by atoms with Crippen molar-refractivity contribution >= 4 is 81.6 Å². The monoisotopic (exact) mass is 674 g/mol. The van der Waals surface area contributed by atoms with Crippen LogP contribution in [-0.4, -0.2) is 44.9 Å². The third-order valence-corrected chi connectivity index (χ3v) is 10.8. The molecule has 0 amide bonds. The Morgan fingerprint density at radius 2 is 1.60 bits per heavy atom. The van der Waals surface area contributed by atoms with Crippen LogP contribution in [0, 0.1) is 0 Å². The summed E-state index contributed by atoms with van der Waals surface area (Å²) in [5, 5.41) is 0. The first-order valence-corrected chi connectivity index (χ1v) is 13.2. The minimum atomic E-state index is -1.30. The van der Waals surface area contributed by atoms with Crippen molar-refractivity contribution in [2.24, 2.45) is 0 Å². The van der Waals surface area contributed by atoms with Gasteiger partial charge in [0.2, 0.25) is 11.2 Å². The van der Waals surface area contributed by atoms with E-state index in [1.54, 1.807) is 0 Å². The summed E-state index contributed by atoms with van der Waals surface area (Å²) in [6.45, 7) is 5.29. The lowest BCUT2D eigenvalue weighted by Crippen LogP contribution is -2.78. The SMILES string of the molecule is CCCCC1=C(Br)[C@@]2(OC1=O)[C@@H](Br)[C@H](Br)[C@@]21OC(=O)C([C@@H](CCC)OC(C)=O)=C1Br. The molecular formula is C20H22Br4O6. The number of rotatable bonds is 7. The standard InChI is InChI=1S/C20H22Br4O6/c1-4-6-8-10-13(21)19(29-17(10)26)15(23)16(24)20(19)14(22)12(18(27)30-20)11(7-5-2)28-9(3)25/h11,15-16H,4-8H2,1-3H3/t11-,15+,16+,19-,20-/m1/s1. The minimum Gasteiger partial charge on any atom is -0.457 e. The normalized spacial score (nSPS) is 33.8. The van der Waals surface area contributed by atoms with E-state index in [0.717, 1.165) is 12.8 Å². The van der Waals surface area contributed by atoms with Crippen molar-refractivity contribution in [2.45, 2.75) is 79.8 Å². The first-order valence-electron chi connectivity index (χ1n) is 9.81. The second kappa shape index (κ2) is 8.98. The van der Waals surface area contributed by atoms with Gasteiger partial charge >= 0.3 is 17.9 Å². The van der Waals surface area contributed by atoms with Crippen LogP contribution in [0.3, 0.4) is 0 Å². The number of unbranched alkanes of at least 4 members (excludes halogenated alkanes) is 1. The van der Waals surface area contributed by atoms with Crippen LogP contribution in [-0.2, 0) is 28.6 Å². The fourth-order valence-electron chi connectivity index (χ4n) is 4.22. The molecule has 166 valence electrons. The van der Waals surface area contributed by atoms with Crippen molar-refractivity contribution in [3.05, 3.63) is 20.1 Å². The molecular weight excluding hydrogens is 656 g/mol. The quantitative estimate of drug-likeness (QED) is 0.206. The molecule has 1 aliphatic carbocycles. The number of fused-ring (bicyclic) bond motifs is 1. The van der Waals surface area contributed by atoms with Crippen LogP contribution in [0.4, 0.5) is 0 Å². The predicted octanol–water partition coefficient (Wildman–Crippen LogP) is 5.34. The van der Waals surface area contributed by atoms with Gasteiger partial charge in [0, 0.05) is 6.92 Å². The molecule has 30 heavy (non-hydrogen) atoms. The lowest BCUT2D eigenvalue weighted by Gasteiger charge is -2.59. The number of esters is 3. The summed E-state index contributed by atoms with van der Waals surface area (Å²) in [6.07, 6.45) is 2.74. The summed E-state index contributed by atoms with van der Waals surface area (Å²) < 4.78 is 18.3. The Labute approximate surface area is 209 Å². The van der Waals surface area contributed by atoms with Crippen LogP contribution in [0.25, 0.3) is 0 Å². The minimum absolute atomic E-state index is 0.244. The topological polar surface area (TPSA) is 78.9 Å². The Balaban J connectivity index is 2.13. The second-order valence-corrected chi connectivity index (χ2v) is 11.1. The van der Waals surface area contributed by atoms with Crippen molar-refractivity contribution in [1.82, 2.24) is 0 Å². The van der Waals surface area contributed by atoms with Crippen molar-refractivity contribution in [3.8, 4) is 0 Å². The summed E-state index contributed by atoms with van der Waals surface area (Å²) in [6, 6.07) is 0. The molecule has 0 N–H and O–H groups in total. The molecule has 1 saturated carbocycles. The van der Waals surface area contributed by atoms with Gasteiger partial charge in [0.1, 0.15) is 6.10 Å². The fourth-order valence-corrected chi connectivity index (χ4v) is 8.93. The zero-order chi connectivity index (χ0) is 22.4. The fraction of sp³-hybridized carbons (Fsp3) is 0.650. The number of carbonyl (C=O) groups excluding carboxylic acids is 3. The first kappa shape index (κ1) is 24.5. The molecule has 2 heterocycles. The van der Waals surface area contributed by atoms with Crippen molar-refractivity contribution in [2.75, 3.05) is 0 Å². The highest BCUT2D eigenvalue weighted by Crippen LogP contribution is 2.68. The van der Waals surface area contributed by atoms with E-state index >= 15 is 0 Å². The third-order valence-electron chi connectivity index (χ3n) is 5.67. The number of alkyl halides is 2. The molecule has 0 radical (unpaired) electrons. The average molecular weight is 678 g/mol. The predicted molar refractivity (Wildman–Crippen MR) is 125 cm³/mol. The molecule has 0 saturated heterocycles. The van der Waals surface area contributed by atoms with Gasteiger partial charge in [0.15, 0.2) is 0 Å². The van der Waals surface area contributed by atoms with Crippen LogP contribution < -0.4 is 0 Å². The number of hydrogen-bond donors (Lipinski definition) is 0. The largest absolute Gasteiger partial charge is 0.457 e. The maximum absolute atomic E-state index is 13.0. The van der Waals surface area contributed by atoms with Gasteiger partial charge in [0.05, 0.1) is 29.8 Å². The Bertz CT molecular complexity index is 852. The molecule has 0 unspecified atom stereocenters. The molecule has 0 aromatic heterocycles. The summed E-state index contributed by atoms with van der Waals surface area (Å²) in [5.41, 5.74) is -1.75. The zero-order valence-corrected chi connectivity index (χ0v) is 23.1. The number of carbonyl (C=O) groups is 3. The van der Waals surface area contributed by atoms with Crippen LogP contribution in [0.1, 0.15) is 52.9 Å². The maximum atomic E-state index is 13.0. The molecule has 5 atom stereocenters. The van der Waals surface area contributed by atoms with Gasteiger partial charge in [-0.15, -0.1) is 0 Å². The highest BCUT2D eigenvalue weighted by atomic mass is 79.9. The molecule has 0 aromatic rings. The molecule has 6 nitrogen and oxygen atoms in total. The average Bonchev–Trinajstić information content (AvgIpc) is 3.11. The third kappa shape index (κ3) is 3.30. The van der Waals surface area contributed by atoms with Crippen molar-refractivity contribution in [1.29, 1.82) is 0 Å². The molecule has 2 spiro atoms. The Morgan fingerprint density at radius 1 is 1.03 bits per heavy atom. The van der Waals surface area contributed by atoms with Crippen LogP contribution in [0.15, 0.2) is 20.1 Å². The lowest BCUT2D eigenvalue weighted by molar-refractivity contribution is -0.201. The Hall–Kier alpha value is -0.190. The van der Waals surface area contributed by atoms with Gasteiger partial charge in [-0.3, -0.25) is 4.79 Å². The second-order valence-electron chi connectivity index (χ2n) is 7.56. The molecule has 0 bridgehead atoms. The highest BCUT2D eigenvalue weighted by molar-refractivity contribution is 9.13. The first-order chi connectivity index (χ1) is 14.1. The number of halogens is 4. The highest BCUT2D eigenvalue weighted by Gasteiger charge is 2.83. The van der Waals surface area contributed by atoms with Crippen LogP contribution >= 0.6 is 63.7 Å². The lowest BCUT2D eigenvalue weighted by atomic mass is 9.64. The van der Waals surface area contributed by atoms with E-state index in [-0.39, 0.29) is 15.2 Å². The van der Waals surface area contributed by atoms with E-state index in [2.05, 4.69) is 63.7 Å². The molecule has 3 rings (SSSR count). The molecule has 10 heteroatoms. The van der Waals surface area contributed by atoms with Gasteiger partial charge in [-0.25, -0.2) is 9.59 Å². The maximum Gasteiger partial charge on any atom is 0.339 e. The smallest absolute Gasteiger partial charge is 0.339 e. The summed E-state index contributed by atoms with van der Waals surface area (Å²) >= 11 is 14.4. The number of hydrogen-bond acceptors (Lipinski definition) is 6. The van der Waals surface area contributed by atoms with Crippen LogP contribution in [0.5, 0.6) is 0 Å². The van der Waals surface area contributed by atoms with Crippen LogP contribution in [0.2, 0.25) is 0 Å². The van der Waals surface area contributed by atoms with E-state index < -0.39 is 35.2 Å². The summed E-state index contributed by atoms with van der Waals surface area (Å²) in [4.78, 5) is 36.7. The van der Waals surface area contributed by atoms with Gasteiger partial charge in [-0.2, -0.15) is 0 Å². The Kier molecular flexibility index (Phi) is 7.32. The van der Waals surface area contributed by atoms with Gasteiger partial charge in [-0.1, -0.05) is 90.4 Å². The van der Waals surface area contributed by atoms with Gasteiger partial charge in [-0.05, 0) is 19.3 Å². The van der Waals surface area contributed by atoms with Gasteiger partial charge in [0.25, 0.3) is 0 Å². The van der Waals surface area contributed by atoms with Gasteiger partial charge < -0.3 is 14.2 Å². The molecule has 2 aliphatic heterocycles. The molecule has 0 aromatic carbocycles. The zero-order valence-electron chi connectivity index (χ0n) is 16.7. The van der Waals surface area contributed by atoms with E-state index in [1.807, 2.05) is 13.8 Å². The van der Waals surface area contributed by atoms with Crippen molar-refractivity contribution < 1.29 is 28.6 Å². The Morgan fingerprint density at radius 3 is 2.13 bits per heavy atom. The van der Waals surface area contributed by atoms with E-state index in [0.29, 0.717) is 33.8 Å². The van der Waals surface area contributed by atoms with E-state index in [4.69, 9.17) is 14.2 Å². The molecule has 3 aliphatic rings. The van der Waals surface area contributed by atoms with E-state index in [1.165, 1.54) is 6.92 Å². The van der Waals surface area contributed by atoms with Crippen molar-refractivity contribution in [3.63, 3.8) is 0 Å². The summed E-state index contributed by atoms with van der Waals surface area (Å²) in [5.74, 6) is -1.50. The van der Waals surface area contributed by atoms with E-state index in [9.17, 15) is 14.4 Å². The number of ether oxygens (including phenoxy) is 3.